The van der Waals surface area contributed by atoms with E-state index in [1.54, 1.807) is 36.4 Å². The van der Waals surface area contributed by atoms with Gasteiger partial charge < -0.3 is 45.7 Å². The second-order valence-corrected chi connectivity index (χ2v) is 16.3. The molecule has 0 fully saturated rings. The van der Waals surface area contributed by atoms with Gasteiger partial charge in [-0.25, -0.2) is 22.8 Å². The number of nitrogens with zero attached hydrogens (tertiary/aromatic N) is 2. The number of carbonyl (C=O) groups is 5. The fourth-order valence-electron chi connectivity index (χ4n) is 5.26. The number of nitrogens with two attached hydrogens (primary N) is 2. The molecule has 2 unspecified atom stereocenters. The molecule has 2 atom stereocenters. The van der Waals surface area contributed by atoms with Gasteiger partial charge in [-0.1, -0.05) is 24.3 Å². The molecule has 4 aromatic carbocycles. The standard InChI is InChI=1S/C40H46N6O15S2/c41-31-9-5-29(6-10-31)39(53)60-33-13-1-27(2-14-33)25-45(62(55)44-35(38(51)52)23-36(47)48)17-19-58-21-22-59-20-18-46(63(56,57)43-24-37(49)50)26-28-3-15-34(16-4-28)61-40(54)30-7-11-32(42)12-8-30/h1-16,35,43-44H,17-26,41-42H2,(H,47,48)(H,49,50)(H,51,52). The van der Waals surface area contributed by atoms with Crippen molar-refractivity contribution in [1.82, 2.24) is 18.1 Å². The Morgan fingerprint density at radius 1 is 0.635 bits per heavy atom. The van der Waals surface area contributed by atoms with Crippen molar-refractivity contribution in [2.75, 3.05) is 57.5 Å². The predicted molar refractivity (Wildman–Crippen MR) is 226 cm³/mol. The van der Waals surface area contributed by atoms with Gasteiger partial charge >= 0.3 is 29.8 Å². The first kappa shape index (κ1) is 49.3. The molecule has 0 radical (unpaired) electrons. The lowest BCUT2D eigenvalue weighted by Gasteiger charge is -2.23. The molecule has 0 saturated heterocycles. The number of rotatable bonds is 27. The molecule has 0 bridgehead atoms. The van der Waals surface area contributed by atoms with Crippen molar-refractivity contribution in [2.45, 2.75) is 25.6 Å². The fraction of sp³-hybridized carbons (Fsp3) is 0.275. The van der Waals surface area contributed by atoms with E-state index in [0.717, 1.165) is 4.31 Å². The second-order valence-electron chi connectivity index (χ2n) is 13.3. The highest BCUT2D eigenvalue weighted by atomic mass is 32.2. The minimum absolute atomic E-state index is 0.0146. The maximum Gasteiger partial charge on any atom is 0.343 e. The summed E-state index contributed by atoms with van der Waals surface area (Å²) in [7, 11) is -4.31. The zero-order valence-corrected chi connectivity index (χ0v) is 35.1. The summed E-state index contributed by atoms with van der Waals surface area (Å²) < 4.78 is 68.0. The number of nitrogen functional groups attached to an aromatic ring is 2. The molecule has 0 aliphatic carbocycles. The van der Waals surface area contributed by atoms with Gasteiger partial charge in [0.2, 0.25) is 0 Å². The van der Waals surface area contributed by atoms with E-state index in [1.165, 1.54) is 65.0 Å². The average molecular weight is 915 g/mol. The number of hydrogen-bond acceptors (Lipinski definition) is 14. The van der Waals surface area contributed by atoms with Crippen LogP contribution in [0.1, 0.15) is 38.3 Å². The van der Waals surface area contributed by atoms with Gasteiger partial charge in [0, 0.05) is 37.6 Å². The molecular formula is C40H46N6O15S2. The van der Waals surface area contributed by atoms with Crippen molar-refractivity contribution < 1.29 is 70.9 Å². The largest absolute Gasteiger partial charge is 0.481 e. The van der Waals surface area contributed by atoms with Gasteiger partial charge in [0.1, 0.15) is 24.1 Å². The first-order chi connectivity index (χ1) is 30.0. The molecule has 63 heavy (non-hydrogen) atoms. The molecule has 9 N–H and O–H groups in total. The summed E-state index contributed by atoms with van der Waals surface area (Å²) in [6.07, 6.45) is -0.847. The number of esters is 2. The van der Waals surface area contributed by atoms with Crippen molar-refractivity contribution in [3.05, 3.63) is 119 Å². The topological polar surface area (TPSA) is 317 Å². The highest BCUT2D eigenvalue weighted by molar-refractivity contribution is 7.87. The van der Waals surface area contributed by atoms with Crippen molar-refractivity contribution in [2.24, 2.45) is 0 Å². The Bertz CT molecular complexity index is 2300. The van der Waals surface area contributed by atoms with Gasteiger partial charge in [-0.15, -0.1) is 0 Å². The van der Waals surface area contributed by atoms with Crippen molar-refractivity contribution in [3.63, 3.8) is 0 Å². The Hall–Kier alpha value is -6.31. The maximum atomic E-state index is 13.3. The quantitative estimate of drug-likeness (QED) is 0.0194. The monoisotopic (exact) mass is 914 g/mol. The summed E-state index contributed by atoms with van der Waals surface area (Å²) in [4.78, 5) is 59.0. The fourth-order valence-corrected chi connectivity index (χ4v) is 7.46. The van der Waals surface area contributed by atoms with Gasteiger partial charge in [-0.05, 0) is 83.9 Å². The van der Waals surface area contributed by atoms with E-state index in [9.17, 15) is 41.7 Å². The van der Waals surface area contributed by atoms with Gasteiger partial charge in [0.25, 0.3) is 10.2 Å². The molecule has 0 spiro atoms. The first-order valence-corrected chi connectivity index (χ1v) is 21.4. The number of ether oxygens (including phenoxy) is 4. The molecule has 0 heterocycles. The van der Waals surface area contributed by atoms with Crippen LogP contribution in [0.15, 0.2) is 97.1 Å². The van der Waals surface area contributed by atoms with Crippen LogP contribution >= 0.6 is 0 Å². The molecular weight excluding hydrogens is 869 g/mol. The number of aliphatic carboxylic acids is 3. The van der Waals surface area contributed by atoms with Crippen molar-refractivity contribution in [3.8, 4) is 11.5 Å². The molecule has 4 aromatic rings. The molecule has 338 valence electrons. The summed E-state index contributed by atoms with van der Waals surface area (Å²) in [5.41, 5.74) is 13.9. The highest BCUT2D eigenvalue weighted by Crippen LogP contribution is 2.19. The second kappa shape index (κ2) is 24.4. The Morgan fingerprint density at radius 2 is 1.10 bits per heavy atom. The minimum atomic E-state index is -4.31. The normalized spacial score (nSPS) is 12.4. The number of hydrogen-bond donors (Lipinski definition) is 7. The van der Waals surface area contributed by atoms with Crippen LogP contribution in [0.4, 0.5) is 11.4 Å². The number of carboxylic acid groups (broad SMARTS) is 3. The van der Waals surface area contributed by atoms with E-state index in [1.807, 2.05) is 4.72 Å². The summed E-state index contributed by atoms with van der Waals surface area (Å²) >= 11 is -2.22. The lowest BCUT2D eigenvalue weighted by molar-refractivity contribution is -0.145. The highest BCUT2D eigenvalue weighted by Gasteiger charge is 2.26. The maximum absolute atomic E-state index is 13.3. The van der Waals surface area contributed by atoms with E-state index in [4.69, 9.17) is 40.6 Å². The molecule has 0 aromatic heterocycles. The summed E-state index contributed by atoms with van der Waals surface area (Å²) in [5, 5.41) is 27.7. The first-order valence-electron chi connectivity index (χ1n) is 18.8. The lowest BCUT2D eigenvalue weighted by Crippen LogP contribution is -2.46. The Morgan fingerprint density at radius 3 is 1.54 bits per heavy atom. The summed E-state index contributed by atoms with van der Waals surface area (Å²) in [5.74, 6) is -5.19. The van der Waals surface area contributed by atoms with E-state index < -0.39 is 70.2 Å². The SMILES string of the molecule is Nc1ccc(C(=O)Oc2ccc(CN(CCOCCOCCN(Cc3ccc(OC(=O)c4ccc(N)cc4)cc3)S(=O)(=O)NCC(=O)O)S(=O)NC(CC(=O)O)C(=O)O)cc2)cc1. The van der Waals surface area contributed by atoms with Crippen LogP contribution in [0.3, 0.4) is 0 Å². The number of carbonyl (C=O) groups excluding carboxylic acids is 2. The van der Waals surface area contributed by atoms with Crippen LogP contribution in [0.25, 0.3) is 0 Å². The number of benzene rings is 4. The molecule has 0 aliphatic rings. The van der Waals surface area contributed by atoms with Crippen LogP contribution in [-0.4, -0.2) is 119 Å². The van der Waals surface area contributed by atoms with Gasteiger partial charge in [0.05, 0.1) is 44.0 Å². The average Bonchev–Trinajstić information content (AvgIpc) is 3.24. The predicted octanol–water partition coefficient (Wildman–Crippen LogP) is 1.64. The molecule has 4 rings (SSSR count). The molecule has 0 amide bonds. The number of anilines is 2. The van der Waals surface area contributed by atoms with Crippen molar-refractivity contribution >= 4 is 62.6 Å². The van der Waals surface area contributed by atoms with Gasteiger partial charge in [-0.2, -0.15) is 17.4 Å². The van der Waals surface area contributed by atoms with Gasteiger partial charge in [0.15, 0.2) is 11.2 Å². The van der Waals surface area contributed by atoms with E-state index >= 15 is 0 Å². The van der Waals surface area contributed by atoms with E-state index in [2.05, 4.69) is 4.72 Å². The molecule has 21 nitrogen and oxygen atoms in total. The smallest absolute Gasteiger partial charge is 0.343 e. The third-order valence-electron chi connectivity index (χ3n) is 8.52. The van der Waals surface area contributed by atoms with E-state index in [-0.39, 0.29) is 75.2 Å². The van der Waals surface area contributed by atoms with Crippen LogP contribution in [0, 0.1) is 0 Å². The molecule has 0 aliphatic heterocycles. The Balaban J connectivity index is 1.30. The van der Waals surface area contributed by atoms with E-state index in [0.29, 0.717) is 22.5 Å². The van der Waals surface area contributed by atoms with Crippen molar-refractivity contribution in [1.29, 1.82) is 0 Å². The zero-order chi connectivity index (χ0) is 45.9. The zero-order valence-electron chi connectivity index (χ0n) is 33.5. The van der Waals surface area contributed by atoms with Crippen LogP contribution in [0.2, 0.25) is 0 Å². The number of nitrogens with one attached hydrogen (secondary N) is 2. The number of carboxylic acids is 3. The lowest BCUT2D eigenvalue weighted by atomic mass is 10.2. The third kappa shape index (κ3) is 17.2. The summed E-state index contributed by atoms with van der Waals surface area (Å²) in [6.45, 7) is -1.60. The molecule has 23 heteroatoms. The van der Waals surface area contributed by atoms with Gasteiger partial charge in [-0.3, -0.25) is 14.4 Å². The van der Waals surface area contributed by atoms with Crippen LogP contribution in [-0.2, 0) is 58.3 Å². The molecule has 0 saturated carbocycles. The Labute approximate surface area is 364 Å². The third-order valence-corrected chi connectivity index (χ3v) is 11.3. The van der Waals surface area contributed by atoms with Crippen LogP contribution in [0.5, 0.6) is 11.5 Å². The Kier molecular flexibility index (Phi) is 19.1. The van der Waals surface area contributed by atoms with Crippen LogP contribution < -0.4 is 30.4 Å². The summed E-state index contributed by atoms with van der Waals surface area (Å²) in [6, 6.07) is 22.8. The minimum Gasteiger partial charge on any atom is -0.481 e.